The molecule has 1 amide bonds. The number of rotatable bonds is 6. The second kappa shape index (κ2) is 7.55. The number of primary amides is 1. The number of hydrogen-bond acceptors (Lipinski definition) is 4. The van der Waals surface area contributed by atoms with Crippen LogP contribution in [-0.4, -0.2) is 26.1 Å². The van der Waals surface area contributed by atoms with Gasteiger partial charge in [-0.15, -0.1) is 0 Å². The molecule has 6 heteroatoms. The summed E-state index contributed by atoms with van der Waals surface area (Å²) in [5.41, 5.74) is 5.96. The lowest BCUT2D eigenvalue weighted by Crippen LogP contribution is -2.28. The van der Waals surface area contributed by atoms with Crippen LogP contribution in [0.1, 0.15) is 18.6 Å². The molecule has 2 atom stereocenters. The Bertz CT molecular complexity index is 399. The molecule has 2 unspecified atom stereocenters. The largest absolute Gasteiger partial charge is 0.439 e. The quantitative estimate of drug-likeness (QED) is 0.621. The van der Waals surface area contributed by atoms with E-state index in [0.29, 0.717) is 0 Å². The summed E-state index contributed by atoms with van der Waals surface area (Å²) in [5, 5.41) is 0. The lowest BCUT2D eigenvalue weighted by atomic mass is 10.1. The van der Waals surface area contributed by atoms with Gasteiger partial charge in [-0.25, -0.2) is 4.79 Å². The van der Waals surface area contributed by atoms with Crippen molar-refractivity contribution in [1.29, 1.82) is 0 Å². The van der Waals surface area contributed by atoms with Crippen LogP contribution in [0.3, 0.4) is 0 Å². The van der Waals surface area contributed by atoms with Gasteiger partial charge in [-0.3, -0.25) is 0 Å². The van der Waals surface area contributed by atoms with E-state index in [0.717, 1.165) is 9.13 Å². The molecule has 18 heavy (non-hydrogen) atoms. The van der Waals surface area contributed by atoms with Gasteiger partial charge < -0.3 is 19.9 Å². The first-order valence-corrected chi connectivity index (χ1v) is 6.45. The second-order valence-corrected chi connectivity index (χ2v) is 4.82. The highest BCUT2D eigenvalue weighted by Crippen LogP contribution is 2.27. The first-order valence-electron chi connectivity index (χ1n) is 5.37. The molecule has 100 valence electrons. The predicted octanol–water partition coefficient (Wildman–Crippen LogP) is 2.44. The average molecular weight is 365 g/mol. The first-order chi connectivity index (χ1) is 8.56. The number of amides is 1. The Morgan fingerprint density at radius 2 is 2.11 bits per heavy atom. The lowest BCUT2D eigenvalue weighted by Gasteiger charge is -2.24. The van der Waals surface area contributed by atoms with E-state index in [9.17, 15) is 4.79 Å². The van der Waals surface area contributed by atoms with Gasteiger partial charge in [0.1, 0.15) is 6.79 Å². The van der Waals surface area contributed by atoms with E-state index >= 15 is 0 Å². The van der Waals surface area contributed by atoms with Crippen molar-refractivity contribution in [3.8, 4) is 0 Å². The SMILES string of the molecule is COCOC(C)C(OC(N)=O)c1ccccc1I. The Morgan fingerprint density at radius 3 is 2.67 bits per heavy atom. The molecule has 0 spiro atoms. The monoisotopic (exact) mass is 365 g/mol. The van der Waals surface area contributed by atoms with Crippen LogP contribution in [0.25, 0.3) is 0 Å². The highest BCUT2D eigenvalue weighted by Gasteiger charge is 2.25. The first kappa shape index (κ1) is 15.2. The van der Waals surface area contributed by atoms with Gasteiger partial charge in [0, 0.05) is 16.2 Å². The molecule has 0 aliphatic heterocycles. The van der Waals surface area contributed by atoms with Crippen molar-refractivity contribution >= 4 is 28.7 Å². The van der Waals surface area contributed by atoms with Gasteiger partial charge in [0.15, 0.2) is 6.10 Å². The molecule has 0 saturated carbocycles. The summed E-state index contributed by atoms with van der Waals surface area (Å²) >= 11 is 2.17. The van der Waals surface area contributed by atoms with Crippen molar-refractivity contribution in [2.75, 3.05) is 13.9 Å². The molecule has 1 aromatic carbocycles. The van der Waals surface area contributed by atoms with Crippen LogP contribution in [-0.2, 0) is 14.2 Å². The normalized spacial score (nSPS) is 13.9. The van der Waals surface area contributed by atoms with E-state index in [4.69, 9.17) is 19.9 Å². The van der Waals surface area contributed by atoms with Crippen molar-refractivity contribution < 1.29 is 19.0 Å². The standard InChI is InChI=1S/C12H16INO4/c1-8(17-7-16-2)11(18-12(14)15)9-5-3-4-6-10(9)13/h3-6,8,11H,7H2,1-2H3,(H2,14,15). The third kappa shape index (κ3) is 4.43. The van der Waals surface area contributed by atoms with Crippen LogP contribution in [0, 0.1) is 3.57 Å². The molecule has 0 saturated heterocycles. The van der Waals surface area contributed by atoms with Crippen LogP contribution in [0.2, 0.25) is 0 Å². The third-order valence-electron chi connectivity index (χ3n) is 2.33. The van der Waals surface area contributed by atoms with E-state index in [1.54, 1.807) is 6.92 Å². The minimum atomic E-state index is -0.826. The van der Waals surface area contributed by atoms with Crippen LogP contribution in [0.15, 0.2) is 24.3 Å². The summed E-state index contributed by atoms with van der Waals surface area (Å²) in [7, 11) is 1.53. The van der Waals surface area contributed by atoms with Gasteiger partial charge >= 0.3 is 6.09 Å². The highest BCUT2D eigenvalue weighted by atomic mass is 127. The molecule has 0 fully saturated rings. The molecule has 1 aromatic rings. The van der Waals surface area contributed by atoms with Crippen molar-refractivity contribution in [3.63, 3.8) is 0 Å². The summed E-state index contributed by atoms with van der Waals surface area (Å²) in [6, 6.07) is 7.59. The lowest BCUT2D eigenvalue weighted by molar-refractivity contribution is -0.107. The molecule has 0 radical (unpaired) electrons. The average Bonchev–Trinajstić information content (AvgIpc) is 2.34. The van der Waals surface area contributed by atoms with Gasteiger partial charge in [0.2, 0.25) is 0 Å². The second-order valence-electron chi connectivity index (χ2n) is 3.66. The molecule has 2 N–H and O–H groups in total. The van der Waals surface area contributed by atoms with Crippen molar-refractivity contribution in [2.45, 2.75) is 19.1 Å². The number of nitrogens with two attached hydrogens (primary N) is 1. The Balaban J connectivity index is 2.90. The number of methoxy groups -OCH3 is 1. The smallest absolute Gasteiger partial charge is 0.405 e. The number of benzene rings is 1. The topological polar surface area (TPSA) is 70.8 Å². The van der Waals surface area contributed by atoms with E-state index in [1.165, 1.54) is 7.11 Å². The Labute approximate surface area is 120 Å². The van der Waals surface area contributed by atoms with Gasteiger partial charge in [-0.2, -0.15) is 0 Å². The number of carbonyl (C=O) groups excluding carboxylic acids is 1. The van der Waals surface area contributed by atoms with Crippen LogP contribution < -0.4 is 5.73 Å². The summed E-state index contributed by atoms with van der Waals surface area (Å²) in [4.78, 5) is 11.0. The molecule has 0 heterocycles. The fourth-order valence-electron chi connectivity index (χ4n) is 1.51. The van der Waals surface area contributed by atoms with E-state index in [2.05, 4.69) is 22.6 Å². The molecular formula is C12H16INO4. The minimum absolute atomic E-state index is 0.128. The van der Waals surface area contributed by atoms with Gasteiger partial charge in [0.05, 0.1) is 6.10 Å². The maximum Gasteiger partial charge on any atom is 0.405 e. The zero-order valence-corrected chi connectivity index (χ0v) is 12.4. The number of halogens is 1. The highest BCUT2D eigenvalue weighted by molar-refractivity contribution is 14.1. The van der Waals surface area contributed by atoms with Gasteiger partial charge in [0.25, 0.3) is 0 Å². The predicted molar refractivity (Wildman–Crippen MR) is 75.0 cm³/mol. The maximum absolute atomic E-state index is 11.0. The van der Waals surface area contributed by atoms with Crippen molar-refractivity contribution in [1.82, 2.24) is 0 Å². The molecular weight excluding hydrogens is 349 g/mol. The van der Waals surface area contributed by atoms with Crippen LogP contribution >= 0.6 is 22.6 Å². The molecule has 0 aliphatic carbocycles. The van der Waals surface area contributed by atoms with E-state index in [-0.39, 0.29) is 12.9 Å². The Kier molecular flexibility index (Phi) is 6.37. The number of carbonyl (C=O) groups is 1. The molecule has 0 bridgehead atoms. The van der Waals surface area contributed by atoms with Crippen molar-refractivity contribution in [3.05, 3.63) is 33.4 Å². The molecule has 0 aromatic heterocycles. The zero-order chi connectivity index (χ0) is 13.5. The van der Waals surface area contributed by atoms with Gasteiger partial charge in [-0.05, 0) is 35.6 Å². The zero-order valence-electron chi connectivity index (χ0n) is 10.3. The fourth-order valence-corrected chi connectivity index (χ4v) is 2.20. The summed E-state index contributed by atoms with van der Waals surface area (Å²) < 4.78 is 16.4. The number of hydrogen-bond donors (Lipinski definition) is 1. The van der Waals surface area contributed by atoms with Crippen LogP contribution in [0.5, 0.6) is 0 Å². The fraction of sp³-hybridized carbons (Fsp3) is 0.417. The van der Waals surface area contributed by atoms with Crippen molar-refractivity contribution in [2.24, 2.45) is 5.73 Å². The molecule has 5 nitrogen and oxygen atoms in total. The Hall–Kier alpha value is -0.860. The Morgan fingerprint density at radius 1 is 1.44 bits per heavy atom. The number of ether oxygens (including phenoxy) is 3. The minimum Gasteiger partial charge on any atom is -0.439 e. The van der Waals surface area contributed by atoms with Crippen LogP contribution in [0.4, 0.5) is 4.79 Å². The summed E-state index contributed by atoms with van der Waals surface area (Å²) in [6.45, 7) is 1.93. The van der Waals surface area contributed by atoms with Gasteiger partial charge in [-0.1, -0.05) is 18.2 Å². The van der Waals surface area contributed by atoms with E-state index in [1.807, 2.05) is 24.3 Å². The van der Waals surface area contributed by atoms with E-state index < -0.39 is 12.2 Å². The molecule has 1 rings (SSSR count). The maximum atomic E-state index is 11.0. The third-order valence-corrected chi connectivity index (χ3v) is 3.31. The summed E-state index contributed by atoms with van der Waals surface area (Å²) in [5.74, 6) is 0. The molecule has 0 aliphatic rings. The summed E-state index contributed by atoms with van der Waals surface area (Å²) in [6.07, 6.45) is -1.73.